The second-order valence-corrected chi connectivity index (χ2v) is 6.91. The first-order valence-corrected chi connectivity index (χ1v) is 8.37. The lowest BCUT2D eigenvalue weighted by molar-refractivity contribution is 0.0407. The predicted octanol–water partition coefficient (Wildman–Crippen LogP) is 3.00. The Balaban J connectivity index is 2.07. The molecule has 1 amide bonds. The van der Waals surface area contributed by atoms with E-state index >= 15 is 0 Å². The molecule has 0 spiro atoms. The van der Waals surface area contributed by atoms with E-state index in [1.165, 1.54) is 18.6 Å². The average Bonchev–Trinajstić information content (AvgIpc) is 2.63. The second-order valence-electron chi connectivity index (χ2n) is 6.91. The van der Waals surface area contributed by atoms with E-state index in [4.69, 9.17) is 0 Å². The summed E-state index contributed by atoms with van der Waals surface area (Å²) in [5.41, 5.74) is -0.560. The van der Waals surface area contributed by atoms with Crippen LogP contribution in [0, 0.1) is 17.5 Å². The number of hydrogen-bond acceptors (Lipinski definition) is 5. The molecule has 0 fully saturated rings. The van der Waals surface area contributed by atoms with Crippen molar-refractivity contribution in [3.8, 4) is 11.1 Å². The third kappa shape index (κ3) is 3.79. The van der Waals surface area contributed by atoms with Crippen LogP contribution in [0.4, 0.5) is 13.2 Å². The summed E-state index contributed by atoms with van der Waals surface area (Å²) < 4.78 is 40.5. The van der Waals surface area contributed by atoms with Gasteiger partial charge in [0.05, 0.1) is 24.0 Å². The summed E-state index contributed by atoms with van der Waals surface area (Å²) in [6.07, 6.45) is 3.90. The van der Waals surface area contributed by atoms with Gasteiger partial charge in [-0.3, -0.25) is 14.8 Å². The van der Waals surface area contributed by atoms with Crippen LogP contribution in [0.25, 0.3) is 22.2 Å². The fourth-order valence-electron chi connectivity index (χ4n) is 2.41. The van der Waals surface area contributed by atoms with E-state index in [2.05, 4.69) is 20.3 Å². The van der Waals surface area contributed by atoms with Gasteiger partial charge in [0, 0.05) is 11.8 Å². The fraction of sp³-hybridized carbons (Fsp3) is 0.263. The highest BCUT2D eigenvalue weighted by Gasteiger charge is 2.25. The van der Waals surface area contributed by atoms with Crippen molar-refractivity contribution in [2.45, 2.75) is 32.4 Å². The Bertz CT molecular complexity index is 1040. The van der Waals surface area contributed by atoms with Crippen LogP contribution >= 0.6 is 0 Å². The van der Waals surface area contributed by atoms with Crippen molar-refractivity contribution in [3.63, 3.8) is 0 Å². The molecule has 2 heterocycles. The summed E-state index contributed by atoms with van der Waals surface area (Å²) in [6.45, 7) is 4.72. The number of nitrogens with one attached hydrogen (secondary N) is 1. The summed E-state index contributed by atoms with van der Waals surface area (Å²) in [5.74, 6) is -4.87. The average molecular weight is 390 g/mol. The molecule has 0 saturated carbocycles. The number of aromatic nitrogens is 3. The Kier molecular flexibility index (Phi) is 5.03. The lowest BCUT2D eigenvalue weighted by Gasteiger charge is -2.26. The highest BCUT2D eigenvalue weighted by molar-refractivity contribution is 5.96. The number of rotatable bonds is 4. The summed E-state index contributed by atoms with van der Waals surface area (Å²) >= 11 is 0. The molecular weight excluding hydrogens is 373 g/mol. The van der Waals surface area contributed by atoms with E-state index in [9.17, 15) is 23.1 Å². The number of carbonyl (C=O) groups is 1. The van der Waals surface area contributed by atoms with E-state index in [1.54, 1.807) is 20.8 Å². The predicted molar refractivity (Wildman–Crippen MR) is 95.9 cm³/mol. The molecule has 1 atom stereocenters. The lowest BCUT2D eigenvalue weighted by Crippen LogP contribution is -2.47. The Morgan fingerprint density at radius 1 is 1.14 bits per heavy atom. The van der Waals surface area contributed by atoms with Gasteiger partial charge in [0.2, 0.25) is 0 Å². The molecule has 2 N–H and O–H groups in total. The van der Waals surface area contributed by atoms with Crippen molar-refractivity contribution >= 4 is 16.9 Å². The Hall–Kier alpha value is -3.07. The number of fused-ring (bicyclic) bond motifs is 1. The number of benzene rings is 1. The molecule has 1 unspecified atom stereocenters. The topological polar surface area (TPSA) is 88.0 Å². The van der Waals surface area contributed by atoms with Gasteiger partial charge in [-0.25, -0.2) is 18.2 Å². The van der Waals surface area contributed by atoms with Crippen LogP contribution in [-0.4, -0.2) is 37.6 Å². The smallest absolute Gasteiger partial charge is 0.271 e. The Morgan fingerprint density at radius 3 is 2.39 bits per heavy atom. The minimum Gasteiger partial charge on any atom is -0.388 e. The van der Waals surface area contributed by atoms with E-state index in [0.717, 1.165) is 12.1 Å². The van der Waals surface area contributed by atoms with Gasteiger partial charge >= 0.3 is 0 Å². The molecule has 0 radical (unpaired) electrons. The number of hydrogen-bond donors (Lipinski definition) is 2. The first-order chi connectivity index (χ1) is 13.1. The fourth-order valence-corrected chi connectivity index (χ4v) is 2.41. The van der Waals surface area contributed by atoms with Gasteiger partial charge in [0.15, 0.2) is 17.5 Å². The molecule has 0 saturated heterocycles. The standard InChI is InChI=1S/C19H17F3N4O2/c1-9(19(2,3)28)25-18(27)15-8-24-14-7-23-6-11(17(14)26-15)10-4-12(20)16(22)13(21)5-10/h4-9,28H,1-3H3,(H,25,27). The van der Waals surface area contributed by atoms with Crippen LogP contribution in [-0.2, 0) is 0 Å². The van der Waals surface area contributed by atoms with Gasteiger partial charge in [-0.1, -0.05) is 0 Å². The number of halogens is 3. The second kappa shape index (κ2) is 7.16. The van der Waals surface area contributed by atoms with Crippen molar-refractivity contribution in [3.05, 3.63) is 53.9 Å². The van der Waals surface area contributed by atoms with Crippen LogP contribution in [0.15, 0.2) is 30.7 Å². The number of nitrogens with zero attached hydrogens (tertiary/aromatic N) is 3. The monoisotopic (exact) mass is 390 g/mol. The molecule has 2 aromatic heterocycles. The number of aliphatic hydroxyl groups is 1. The maximum absolute atomic E-state index is 13.6. The van der Waals surface area contributed by atoms with Crippen molar-refractivity contribution < 1.29 is 23.1 Å². The molecular formula is C19H17F3N4O2. The van der Waals surface area contributed by atoms with Crippen molar-refractivity contribution in [1.82, 2.24) is 20.3 Å². The summed E-state index contributed by atoms with van der Waals surface area (Å²) in [6, 6.07) is 1.06. The third-order valence-corrected chi connectivity index (χ3v) is 4.39. The minimum absolute atomic E-state index is 0.00576. The van der Waals surface area contributed by atoms with Crippen LogP contribution in [0.1, 0.15) is 31.3 Å². The van der Waals surface area contributed by atoms with Crippen LogP contribution < -0.4 is 5.32 Å². The number of carbonyl (C=O) groups excluding carboxylic acids is 1. The quantitative estimate of drug-likeness (QED) is 0.669. The lowest BCUT2D eigenvalue weighted by atomic mass is 10.0. The molecule has 1 aromatic carbocycles. The molecule has 3 aromatic rings. The van der Waals surface area contributed by atoms with E-state index in [0.29, 0.717) is 0 Å². The summed E-state index contributed by atoms with van der Waals surface area (Å²) in [4.78, 5) is 24.7. The zero-order valence-corrected chi connectivity index (χ0v) is 15.3. The molecule has 3 rings (SSSR count). The molecule has 146 valence electrons. The van der Waals surface area contributed by atoms with Crippen molar-refractivity contribution in [2.24, 2.45) is 0 Å². The zero-order chi connectivity index (χ0) is 20.6. The first kappa shape index (κ1) is 19.7. The first-order valence-electron chi connectivity index (χ1n) is 8.37. The van der Waals surface area contributed by atoms with E-state index in [-0.39, 0.29) is 27.9 Å². The van der Waals surface area contributed by atoms with Crippen molar-refractivity contribution in [2.75, 3.05) is 0 Å². The summed E-state index contributed by atoms with van der Waals surface area (Å²) in [5, 5.41) is 12.6. The zero-order valence-electron chi connectivity index (χ0n) is 15.3. The summed E-state index contributed by atoms with van der Waals surface area (Å²) in [7, 11) is 0. The van der Waals surface area contributed by atoms with Gasteiger partial charge in [0.1, 0.15) is 16.7 Å². The SMILES string of the molecule is CC(NC(=O)c1cnc2cncc(-c3cc(F)c(F)c(F)c3)c2n1)C(C)(C)O. The molecule has 0 aliphatic rings. The van der Waals surface area contributed by atoms with Crippen molar-refractivity contribution in [1.29, 1.82) is 0 Å². The minimum atomic E-state index is -1.58. The van der Waals surface area contributed by atoms with Gasteiger partial charge in [-0.15, -0.1) is 0 Å². The molecule has 0 bridgehead atoms. The molecule has 0 aliphatic carbocycles. The Morgan fingerprint density at radius 2 is 1.79 bits per heavy atom. The number of pyridine rings is 1. The molecule has 6 nitrogen and oxygen atoms in total. The van der Waals surface area contributed by atoms with Gasteiger partial charge in [0.25, 0.3) is 5.91 Å². The van der Waals surface area contributed by atoms with E-state index < -0.39 is 35.0 Å². The van der Waals surface area contributed by atoms with Gasteiger partial charge < -0.3 is 10.4 Å². The molecule has 28 heavy (non-hydrogen) atoms. The maximum Gasteiger partial charge on any atom is 0.271 e. The Labute approximate surface area is 158 Å². The number of amides is 1. The van der Waals surface area contributed by atoms with E-state index in [1.807, 2.05) is 0 Å². The van der Waals surface area contributed by atoms with Gasteiger partial charge in [-0.05, 0) is 38.5 Å². The van der Waals surface area contributed by atoms with Crippen LogP contribution in [0.2, 0.25) is 0 Å². The van der Waals surface area contributed by atoms with Crippen LogP contribution in [0.5, 0.6) is 0 Å². The largest absolute Gasteiger partial charge is 0.388 e. The highest BCUT2D eigenvalue weighted by atomic mass is 19.2. The molecule has 0 aliphatic heterocycles. The highest BCUT2D eigenvalue weighted by Crippen LogP contribution is 2.28. The van der Waals surface area contributed by atoms with Gasteiger partial charge in [-0.2, -0.15) is 0 Å². The third-order valence-electron chi connectivity index (χ3n) is 4.39. The molecule has 9 heteroatoms. The normalized spacial score (nSPS) is 12.8. The maximum atomic E-state index is 13.6. The van der Waals surface area contributed by atoms with Crippen LogP contribution in [0.3, 0.4) is 0 Å².